The minimum Gasteiger partial charge on any atom is -0.478 e. The molecule has 1 heterocycles. The molecule has 4 nitrogen and oxygen atoms in total. The van der Waals surface area contributed by atoms with Crippen LogP contribution >= 0.6 is 0 Å². The summed E-state index contributed by atoms with van der Waals surface area (Å²) >= 11 is 0. The second kappa shape index (κ2) is 5.04. The average molecular weight is 245 g/mol. The summed E-state index contributed by atoms with van der Waals surface area (Å²) in [5, 5.41) is 8.87. The Morgan fingerprint density at radius 3 is 2.33 bits per heavy atom. The number of anilines is 1. The van der Waals surface area contributed by atoms with Crippen LogP contribution in [0.4, 0.5) is 5.69 Å². The zero-order valence-corrected chi connectivity index (χ0v) is 10.2. The van der Waals surface area contributed by atoms with Crippen LogP contribution in [-0.4, -0.2) is 29.9 Å². The first kappa shape index (κ1) is 12.4. The predicted molar refractivity (Wildman–Crippen MR) is 69.0 cm³/mol. The topological polar surface area (TPSA) is 57.6 Å². The van der Waals surface area contributed by atoms with Crippen molar-refractivity contribution < 1.29 is 14.7 Å². The summed E-state index contributed by atoms with van der Waals surface area (Å²) in [7, 11) is 0. The number of aliphatic carboxylic acids is 1. The predicted octanol–water partition coefficient (Wildman–Crippen LogP) is 2.11. The Morgan fingerprint density at radius 1 is 1.22 bits per heavy atom. The van der Waals surface area contributed by atoms with E-state index in [1.165, 1.54) is 6.92 Å². The zero-order valence-electron chi connectivity index (χ0n) is 10.2. The third kappa shape index (κ3) is 2.59. The molecule has 94 valence electrons. The molecule has 0 spiro atoms. The number of ketones is 1. The Bertz CT molecular complexity index is 502. The van der Waals surface area contributed by atoms with E-state index >= 15 is 0 Å². The molecule has 0 atom stereocenters. The summed E-state index contributed by atoms with van der Waals surface area (Å²) in [4.78, 5) is 24.0. The number of hydrogen-bond donors (Lipinski definition) is 1. The van der Waals surface area contributed by atoms with Crippen molar-refractivity contribution in [2.75, 3.05) is 18.0 Å². The van der Waals surface area contributed by atoms with Gasteiger partial charge in [-0.2, -0.15) is 0 Å². The molecule has 0 aliphatic carbocycles. The largest absolute Gasteiger partial charge is 0.478 e. The maximum atomic E-state index is 11.2. The maximum absolute atomic E-state index is 11.2. The monoisotopic (exact) mass is 245 g/mol. The lowest BCUT2D eigenvalue weighted by Crippen LogP contribution is -2.30. The summed E-state index contributed by atoms with van der Waals surface area (Å²) in [5.41, 5.74) is 2.19. The summed E-state index contributed by atoms with van der Waals surface area (Å²) in [6.07, 6.45) is 2.29. The SMILES string of the molecule is CC(=O)c1ccc(N2CC=C(C(=O)O)CC2)cc1. The van der Waals surface area contributed by atoms with Gasteiger partial charge in [-0.15, -0.1) is 0 Å². The van der Waals surface area contributed by atoms with Crippen molar-refractivity contribution in [1.82, 2.24) is 0 Å². The van der Waals surface area contributed by atoms with Crippen molar-refractivity contribution in [3.05, 3.63) is 41.5 Å². The standard InChI is InChI=1S/C14H15NO3/c1-10(16)11-2-4-13(5-3-11)15-8-6-12(7-9-15)14(17)18/h2-6H,7-9H2,1H3,(H,17,18). The van der Waals surface area contributed by atoms with Crippen molar-refractivity contribution >= 4 is 17.4 Å². The van der Waals surface area contributed by atoms with E-state index in [1.54, 1.807) is 18.2 Å². The van der Waals surface area contributed by atoms with Crippen LogP contribution in [0.3, 0.4) is 0 Å². The van der Waals surface area contributed by atoms with Gasteiger partial charge in [0.15, 0.2) is 5.78 Å². The molecule has 18 heavy (non-hydrogen) atoms. The quantitative estimate of drug-likeness (QED) is 0.829. The van der Waals surface area contributed by atoms with Gasteiger partial charge in [-0.25, -0.2) is 4.79 Å². The Morgan fingerprint density at radius 2 is 1.89 bits per heavy atom. The van der Waals surface area contributed by atoms with Gasteiger partial charge in [-0.05, 0) is 37.6 Å². The maximum Gasteiger partial charge on any atom is 0.331 e. The Kier molecular flexibility index (Phi) is 3.46. The number of nitrogens with zero attached hydrogens (tertiary/aromatic N) is 1. The third-order valence-corrected chi connectivity index (χ3v) is 3.12. The zero-order chi connectivity index (χ0) is 13.1. The van der Waals surface area contributed by atoms with Crippen LogP contribution in [-0.2, 0) is 4.79 Å². The Balaban J connectivity index is 2.10. The van der Waals surface area contributed by atoms with Crippen molar-refractivity contribution in [3.63, 3.8) is 0 Å². The van der Waals surface area contributed by atoms with Crippen LogP contribution in [0.1, 0.15) is 23.7 Å². The average Bonchev–Trinajstić information content (AvgIpc) is 2.39. The molecule has 0 fully saturated rings. The highest BCUT2D eigenvalue weighted by atomic mass is 16.4. The highest BCUT2D eigenvalue weighted by Crippen LogP contribution is 2.20. The molecule has 0 saturated heterocycles. The molecule has 0 saturated carbocycles. The minimum absolute atomic E-state index is 0.0493. The molecule has 1 N–H and O–H groups in total. The van der Waals surface area contributed by atoms with Gasteiger partial charge in [-0.3, -0.25) is 4.79 Å². The summed E-state index contributed by atoms with van der Waals surface area (Å²) < 4.78 is 0. The molecule has 1 aromatic rings. The first-order valence-electron chi connectivity index (χ1n) is 5.86. The third-order valence-electron chi connectivity index (χ3n) is 3.12. The molecular weight excluding hydrogens is 230 g/mol. The fraction of sp³-hybridized carbons (Fsp3) is 0.286. The van der Waals surface area contributed by atoms with Crippen molar-refractivity contribution in [1.29, 1.82) is 0 Å². The highest BCUT2D eigenvalue weighted by molar-refractivity contribution is 5.94. The lowest BCUT2D eigenvalue weighted by molar-refractivity contribution is -0.132. The molecule has 4 heteroatoms. The molecule has 1 aromatic carbocycles. The lowest BCUT2D eigenvalue weighted by atomic mass is 10.1. The van der Waals surface area contributed by atoms with Crippen LogP contribution in [0.15, 0.2) is 35.9 Å². The number of carboxylic acids is 1. The molecule has 0 amide bonds. The van der Waals surface area contributed by atoms with Gasteiger partial charge >= 0.3 is 5.97 Å². The summed E-state index contributed by atoms with van der Waals surface area (Å²) in [6, 6.07) is 7.40. The second-order valence-electron chi connectivity index (χ2n) is 4.33. The van der Waals surface area contributed by atoms with Crippen LogP contribution in [0, 0.1) is 0 Å². The van der Waals surface area contributed by atoms with Crippen molar-refractivity contribution in [3.8, 4) is 0 Å². The van der Waals surface area contributed by atoms with Crippen molar-refractivity contribution in [2.45, 2.75) is 13.3 Å². The molecule has 0 aromatic heterocycles. The van der Waals surface area contributed by atoms with Gasteiger partial charge in [0.05, 0.1) is 0 Å². The lowest BCUT2D eigenvalue weighted by Gasteiger charge is -2.27. The second-order valence-corrected chi connectivity index (χ2v) is 4.33. The van der Waals surface area contributed by atoms with Crippen LogP contribution < -0.4 is 4.90 Å². The highest BCUT2D eigenvalue weighted by Gasteiger charge is 2.16. The van der Waals surface area contributed by atoms with Gasteiger partial charge in [0, 0.05) is 29.9 Å². The summed E-state index contributed by atoms with van der Waals surface area (Å²) in [6.45, 7) is 2.83. The van der Waals surface area contributed by atoms with E-state index < -0.39 is 5.97 Å². The van der Waals surface area contributed by atoms with Gasteiger partial charge in [-0.1, -0.05) is 6.08 Å². The van der Waals surface area contributed by atoms with Crippen LogP contribution in [0.5, 0.6) is 0 Å². The minimum atomic E-state index is -0.832. The van der Waals surface area contributed by atoms with E-state index in [9.17, 15) is 9.59 Å². The van der Waals surface area contributed by atoms with E-state index in [0.717, 1.165) is 5.69 Å². The first-order valence-corrected chi connectivity index (χ1v) is 5.86. The molecule has 2 rings (SSSR count). The Hall–Kier alpha value is -2.10. The number of hydrogen-bond acceptors (Lipinski definition) is 3. The van der Waals surface area contributed by atoms with Gasteiger partial charge < -0.3 is 10.0 Å². The van der Waals surface area contributed by atoms with Gasteiger partial charge in [0.25, 0.3) is 0 Å². The van der Waals surface area contributed by atoms with Gasteiger partial charge in [0.2, 0.25) is 0 Å². The normalized spacial score (nSPS) is 15.2. The van der Waals surface area contributed by atoms with Crippen LogP contribution in [0.2, 0.25) is 0 Å². The molecule has 0 unspecified atom stereocenters. The number of Topliss-reactive ketones (excluding diaryl/α,β-unsaturated/α-hetero) is 1. The van der Waals surface area contributed by atoms with E-state index in [1.807, 2.05) is 12.1 Å². The summed E-state index contributed by atoms with van der Waals surface area (Å²) in [5.74, 6) is -0.783. The number of carbonyl (C=O) groups is 2. The molecule has 0 radical (unpaired) electrons. The first-order chi connectivity index (χ1) is 8.58. The smallest absolute Gasteiger partial charge is 0.331 e. The van der Waals surface area contributed by atoms with E-state index in [4.69, 9.17) is 5.11 Å². The number of carboxylic acid groups (broad SMARTS) is 1. The van der Waals surface area contributed by atoms with E-state index in [-0.39, 0.29) is 5.78 Å². The molecule has 1 aliphatic heterocycles. The molecular formula is C14H15NO3. The van der Waals surface area contributed by atoms with Crippen molar-refractivity contribution in [2.24, 2.45) is 0 Å². The molecule has 0 bridgehead atoms. The van der Waals surface area contributed by atoms with E-state index in [0.29, 0.717) is 30.6 Å². The Labute approximate surface area is 106 Å². The van der Waals surface area contributed by atoms with Gasteiger partial charge in [0.1, 0.15) is 0 Å². The number of rotatable bonds is 3. The number of benzene rings is 1. The fourth-order valence-corrected chi connectivity index (χ4v) is 2.00. The number of carbonyl (C=O) groups excluding carboxylic acids is 1. The molecule has 1 aliphatic rings. The fourth-order valence-electron chi connectivity index (χ4n) is 2.00. The van der Waals surface area contributed by atoms with E-state index in [2.05, 4.69) is 4.90 Å². The van der Waals surface area contributed by atoms with Crippen LogP contribution in [0.25, 0.3) is 0 Å².